The van der Waals surface area contributed by atoms with Crippen LogP contribution in [0.25, 0.3) is 0 Å². The van der Waals surface area contributed by atoms with E-state index < -0.39 is 0 Å². The van der Waals surface area contributed by atoms with Gasteiger partial charge in [-0.3, -0.25) is 0 Å². The van der Waals surface area contributed by atoms with Crippen molar-refractivity contribution in [2.24, 2.45) is 0 Å². The normalized spacial score (nSPS) is 15.9. The Kier molecular flexibility index (Phi) is 13.7. The fourth-order valence-electron chi connectivity index (χ4n) is 3.16. The van der Waals surface area contributed by atoms with Crippen LogP contribution in [0.1, 0.15) is 51.4 Å². The molecule has 4 nitrogen and oxygen atoms in total. The molecular formula is C18H34Br2N4-2. The van der Waals surface area contributed by atoms with E-state index in [1.54, 1.807) is 0 Å². The van der Waals surface area contributed by atoms with E-state index in [1.807, 2.05) is 0 Å². The summed E-state index contributed by atoms with van der Waals surface area (Å²) in [5.74, 6) is 0. The highest BCUT2D eigenvalue weighted by molar-refractivity contribution is 4.88. The Labute approximate surface area is 170 Å². The van der Waals surface area contributed by atoms with Crippen LogP contribution in [-0.4, -0.2) is 60.1 Å². The van der Waals surface area contributed by atoms with Crippen LogP contribution < -0.4 is 34.0 Å². The van der Waals surface area contributed by atoms with Crippen molar-refractivity contribution in [3.05, 3.63) is 24.8 Å². The molecule has 2 rings (SSSR count). The highest BCUT2D eigenvalue weighted by Gasteiger charge is 2.07. The van der Waals surface area contributed by atoms with Gasteiger partial charge in [-0.05, 0) is 12.8 Å². The third-order valence-electron chi connectivity index (χ3n) is 4.51. The number of hydrogen-bond acceptors (Lipinski definition) is 4. The smallest absolute Gasteiger partial charge is 0.0890 e. The Bertz CT molecular complexity index is 329. The predicted octanol–water partition coefficient (Wildman–Crippen LogP) is -2.53. The van der Waals surface area contributed by atoms with Gasteiger partial charge in [0.2, 0.25) is 0 Å². The highest BCUT2D eigenvalue weighted by Crippen LogP contribution is 2.12. The lowest BCUT2D eigenvalue weighted by molar-refractivity contribution is -0.00100. The summed E-state index contributed by atoms with van der Waals surface area (Å²) in [6, 6.07) is 0. The molecule has 0 N–H and O–H groups in total. The molecule has 0 spiro atoms. The molecule has 0 radical (unpaired) electrons. The summed E-state index contributed by atoms with van der Waals surface area (Å²) in [5.41, 5.74) is 0. The molecule has 0 aliphatic carbocycles. The molecule has 2 aliphatic rings. The van der Waals surface area contributed by atoms with Gasteiger partial charge >= 0.3 is 0 Å². The topological polar surface area (TPSA) is 13.0 Å². The fraction of sp³-hybridized carbons (Fsp3) is 0.778. The molecule has 0 aromatic heterocycles. The van der Waals surface area contributed by atoms with E-state index in [9.17, 15) is 0 Å². The molecule has 0 unspecified atom stereocenters. The molecule has 142 valence electrons. The minimum Gasteiger partial charge on any atom is -1.00 e. The van der Waals surface area contributed by atoms with Crippen LogP contribution in [0.15, 0.2) is 24.8 Å². The molecule has 0 saturated carbocycles. The molecule has 2 heterocycles. The van der Waals surface area contributed by atoms with E-state index in [1.165, 1.54) is 64.5 Å². The Balaban J connectivity index is 0.00000264. The van der Waals surface area contributed by atoms with E-state index in [2.05, 4.69) is 58.5 Å². The monoisotopic (exact) mass is 464 g/mol. The van der Waals surface area contributed by atoms with Crippen LogP contribution in [0.5, 0.6) is 0 Å². The van der Waals surface area contributed by atoms with Crippen molar-refractivity contribution in [3.63, 3.8) is 0 Å². The van der Waals surface area contributed by atoms with E-state index in [-0.39, 0.29) is 34.0 Å². The maximum absolute atomic E-state index is 2.41. The number of unbranched alkanes of at least 4 members (excludes halogenated alkanes) is 7. The Hall–Kier alpha value is -0.360. The molecule has 2 aliphatic heterocycles. The second-order valence-electron chi connectivity index (χ2n) is 6.85. The Morgan fingerprint density at radius 2 is 0.875 bits per heavy atom. The molecule has 0 bridgehead atoms. The maximum atomic E-state index is 2.41. The summed E-state index contributed by atoms with van der Waals surface area (Å²) in [6.45, 7) is 4.58. The largest absolute Gasteiger partial charge is 1.00 e. The molecule has 6 heteroatoms. The first-order valence-electron chi connectivity index (χ1n) is 8.99. The molecular weight excluding hydrogens is 432 g/mol. The highest BCUT2D eigenvalue weighted by atomic mass is 79.9. The average Bonchev–Trinajstić information content (AvgIpc) is 3.09. The maximum Gasteiger partial charge on any atom is 0.0890 e. The number of rotatable bonds is 11. The third-order valence-corrected chi connectivity index (χ3v) is 4.51. The molecule has 0 saturated heterocycles. The first kappa shape index (κ1) is 23.6. The summed E-state index contributed by atoms with van der Waals surface area (Å²) >= 11 is 0. The van der Waals surface area contributed by atoms with Gasteiger partial charge in [-0.2, -0.15) is 0 Å². The van der Waals surface area contributed by atoms with Crippen LogP contribution in [0, 0.1) is 0 Å². The summed E-state index contributed by atoms with van der Waals surface area (Å²) in [5, 5.41) is 0. The van der Waals surface area contributed by atoms with Crippen LogP contribution in [0.2, 0.25) is 0 Å². The van der Waals surface area contributed by atoms with Crippen molar-refractivity contribution in [1.82, 2.24) is 19.6 Å². The van der Waals surface area contributed by atoms with E-state index in [0.717, 1.165) is 13.3 Å². The van der Waals surface area contributed by atoms with Crippen LogP contribution in [-0.2, 0) is 0 Å². The van der Waals surface area contributed by atoms with E-state index in [4.69, 9.17) is 0 Å². The molecule has 0 atom stereocenters. The first-order valence-corrected chi connectivity index (χ1v) is 8.99. The van der Waals surface area contributed by atoms with E-state index >= 15 is 0 Å². The molecule has 0 aromatic carbocycles. The lowest BCUT2D eigenvalue weighted by Gasteiger charge is -2.18. The zero-order chi connectivity index (χ0) is 15.6. The molecule has 0 fully saturated rings. The van der Waals surface area contributed by atoms with Crippen molar-refractivity contribution in [1.29, 1.82) is 0 Å². The Morgan fingerprint density at radius 3 is 1.17 bits per heavy atom. The molecule has 0 aromatic rings. The van der Waals surface area contributed by atoms with Crippen LogP contribution in [0.4, 0.5) is 0 Å². The van der Waals surface area contributed by atoms with E-state index in [0.29, 0.717) is 0 Å². The van der Waals surface area contributed by atoms with Gasteiger partial charge in [0.25, 0.3) is 0 Å². The average molecular weight is 466 g/mol. The van der Waals surface area contributed by atoms with Crippen LogP contribution >= 0.6 is 0 Å². The van der Waals surface area contributed by atoms with Gasteiger partial charge in [0, 0.05) is 52.0 Å². The van der Waals surface area contributed by atoms with Crippen molar-refractivity contribution in [2.75, 3.05) is 40.5 Å². The predicted molar refractivity (Wildman–Crippen MR) is 93.9 cm³/mol. The van der Waals surface area contributed by atoms with Crippen molar-refractivity contribution >= 4 is 0 Å². The number of hydrogen-bond donors (Lipinski definition) is 0. The van der Waals surface area contributed by atoms with Crippen LogP contribution in [0.3, 0.4) is 0 Å². The van der Waals surface area contributed by atoms with Crippen molar-refractivity contribution in [3.8, 4) is 0 Å². The number of nitrogens with zero attached hydrogens (tertiary/aromatic N) is 4. The fourth-order valence-corrected chi connectivity index (χ4v) is 3.16. The lowest BCUT2D eigenvalue weighted by Crippen LogP contribution is -3.00. The Morgan fingerprint density at radius 1 is 0.542 bits per heavy atom. The first-order chi connectivity index (χ1) is 10.7. The summed E-state index contributed by atoms with van der Waals surface area (Å²) in [4.78, 5) is 9.28. The third kappa shape index (κ3) is 9.82. The molecule has 0 amide bonds. The zero-order valence-corrected chi connectivity index (χ0v) is 18.5. The standard InChI is InChI=1S/C18H34N4.2BrH/c1-19-13-15-21(17-19)11-9-7-5-3-4-6-8-10-12-22-16-14-20(2)18-22;;/h13-16H,3-12,17-18H2,1-2H3;2*1H/p-2. The van der Waals surface area contributed by atoms with Gasteiger partial charge in [0.15, 0.2) is 0 Å². The van der Waals surface area contributed by atoms with Gasteiger partial charge < -0.3 is 53.6 Å². The summed E-state index contributed by atoms with van der Waals surface area (Å²) < 4.78 is 0. The SMILES string of the molecule is CN1C=CN(CCCCCCCCCCN2C=CN(C)C2)C1.[Br-].[Br-]. The quantitative estimate of drug-likeness (QED) is 0.312. The number of halogens is 2. The van der Waals surface area contributed by atoms with Gasteiger partial charge in [-0.15, -0.1) is 0 Å². The van der Waals surface area contributed by atoms with Gasteiger partial charge in [-0.1, -0.05) is 38.5 Å². The minimum atomic E-state index is 0. The van der Waals surface area contributed by atoms with Crippen molar-refractivity contribution < 1.29 is 34.0 Å². The lowest BCUT2D eigenvalue weighted by atomic mass is 10.1. The second-order valence-corrected chi connectivity index (χ2v) is 6.85. The second kappa shape index (κ2) is 13.9. The summed E-state index contributed by atoms with van der Waals surface area (Å²) in [7, 11) is 4.27. The van der Waals surface area contributed by atoms with Gasteiger partial charge in [0.1, 0.15) is 0 Å². The minimum absolute atomic E-state index is 0. The molecule has 24 heavy (non-hydrogen) atoms. The van der Waals surface area contributed by atoms with Gasteiger partial charge in [0.05, 0.1) is 13.3 Å². The van der Waals surface area contributed by atoms with Crippen molar-refractivity contribution in [2.45, 2.75) is 51.4 Å². The summed E-state index contributed by atoms with van der Waals surface area (Å²) in [6.07, 6.45) is 19.9. The zero-order valence-electron chi connectivity index (χ0n) is 15.3. The van der Waals surface area contributed by atoms with Gasteiger partial charge in [-0.25, -0.2) is 0 Å².